The Kier molecular flexibility index (Phi) is 5.88. The molecule has 1 aromatic heterocycles. The number of amides is 1. The van der Waals surface area contributed by atoms with Gasteiger partial charge in [0.25, 0.3) is 0 Å². The second kappa shape index (κ2) is 8.31. The predicted molar refractivity (Wildman–Crippen MR) is 94.6 cm³/mol. The second-order valence-corrected chi connectivity index (χ2v) is 6.79. The van der Waals surface area contributed by atoms with Crippen LogP contribution in [0, 0.1) is 6.92 Å². The third-order valence-electron chi connectivity index (χ3n) is 5.00. The number of hydrogen-bond acceptors (Lipinski definition) is 6. The first-order valence-electron chi connectivity index (χ1n) is 8.99. The van der Waals surface area contributed by atoms with E-state index in [2.05, 4.69) is 14.9 Å². The molecule has 0 spiro atoms. The lowest BCUT2D eigenvalue weighted by atomic mass is 10.0. The van der Waals surface area contributed by atoms with Crippen LogP contribution in [0.1, 0.15) is 37.1 Å². The Hall–Kier alpha value is -2.41. The molecule has 0 aliphatic heterocycles. The maximum absolute atomic E-state index is 12.6. The van der Waals surface area contributed by atoms with Crippen LogP contribution in [0.4, 0.5) is 0 Å². The van der Waals surface area contributed by atoms with E-state index in [0.717, 1.165) is 31.4 Å². The summed E-state index contributed by atoms with van der Waals surface area (Å²) in [5.74, 6) is 0.615. The number of carbonyl (C=O) groups is 1. The fraction of sp³-hybridized carbons (Fsp3) is 0.526. The van der Waals surface area contributed by atoms with Crippen LogP contribution >= 0.6 is 0 Å². The smallest absolute Gasteiger partial charge is 0.228 e. The van der Waals surface area contributed by atoms with Crippen LogP contribution in [0.25, 0.3) is 0 Å². The van der Waals surface area contributed by atoms with E-state index in [0.29, 0.717) is 11.4 Å². The van der Waals surface area contributed by atoms with Gasteiger partial charge in [0.1, 0.15) is 29.3 Å². The molecule has 1 aromatic carbocycles. The van der Waals surface area contributed by atoms with E-state index in [1.165, 1.54) is 0 Å². The molecule has 1 aliphatic rings. The number of likely N-dealkylation sites (N-methyl/N-ethyl adjacent to an activating group) is 1. The van der Waals surface area contributed by atoms with Gasteiger partial charge < -0.3 is 14.7 Å². The minimum absolute atomic E-state index is 0.110. The van der Waals surface area contributed by atoms with Crippen molar-refractivity contribution >= 4 is 5.91 Å². The monoisotopic (exact) mass is 359 g/mol. The molecule has 1 saturated carbocycles. The van der Waals surface area contributed by atoms with Crippen LogP contribution in [0.5, 0.6) is 5.75 Å². The van der Waals surface area contributed by atoms with Gasteiger partial charge in [-0.2, -0.15) is 0 Å². The van der Waals surface area contributed by atoms with E-state index < -0.39 is 6.10 Å². The highest BCUT2D eigenvalue weighted by Crippen LogP contribution is 2.26. The summed E-state index contributed by atoms with van der Waals surface area (Å²) in [7, 11) is 1.73. The Morgan fingerprint density at radius 3 is 2.69 bits per heavy atom. The molecule has 3 atom stereocenters. The maximum Gasteiger partial charge on any atom is 0.228 e. The van der Waals surface area contributed by atoms with Gasteiger partial charge in [-0.25, -0.2) is 4.63 Å². The zero-order valence-corrected chi connectivity index (χ0v) is 15.2. The summed E-state index contributed by atoms with van der Waals surface area (Å²) in [6.07, 6.45) is 2.44. The molecule has 3 rings (SSSR count). The topological polar surface area (TPSA) is 88.7 Å². The first-order chi connectivity index (χ1) is 12.6. The Morgan fingerprint density at radius 2 is 2.00 bits per heavy atom. The van der Waals surface area contributed by atoms with E-state index in [1.807, 2.05) is 30.3 Å². The van der Waals surface area contributed by atoms with Gasteiger partial charge in [-0.3, -0.25) is 4.79 Å². The van der Waals surface area contributed by atoms with Gasteiger partial charge in [0.05, 0.1) is 12.5 Å². The Labute approximate surface area is 152 Å². The van der Waals surface area contributed by atoms with Crippen molar-refractivity contribution in [1.82, 2.24) is 15.2 Å². The number of hydrogen-bond donors (Lipinski definition) is 1. The predicted octanol–water partition coefficient (Wildman–Crippen LogP) is 2.13. The van der Waals surface area contributed by atoms with Crippen molar-refractivity contribution in [3.8, 4) is 5.75 Å². The molecule has 1 amide bonds. The molecule has 0 saturated heterocycles. The summed E-state index contributed by atoms with van der Waals surface area (Å²) in [5.41, 5.74) is 1.14. The quantitative estimate of drug-likeness (QED) is 0.823. The van der Waals surface area contributed by atoms with Crippen molar-refractivity contribution in [2.24, 2.45) is 0 Å². The van der Waals surface area contributed by atoms with Crippen molar-refractivity contribution in [3.05, 3.63) is 41.7 Å². The minimum Gasteiger partial charge on any atom is -0.488 e. The van der Waals surface area contributed by atoms with Crippen molar-refractivity contribution in [3.63, 3.8) is 0 Å². The lowest BCUT2D eigenvalue weighted by Crippen LogP contribution is -2.50. The molecule has 7 nitrogen and oxygen atoms in total. The van der Waals surface area contributed by atoms with E-state index in [4.69, 9.17) is 4.74 Å². The van der Waals surface area contributed by atoms with Crippen molar-refractivity contribution < 1.29 is 19.3 Å². The fourth-order valence-corrected chi connectivity index (χ4v) is 3.38. The van der Waals surface area contributed by atoms with E-state index >= 15 is 0 Å². The highest BCUT2D eigenvalue weighted by atomic mass is 16.6. The summed E-state index contributed by atoms with van der Waals surface area (Å²) in [5, 5.41) is 18.4. The van der Waals surface area contributed by atoms with Crippen LogP contribution in [0.3, 0.4) is 0 Å². The summed E-state index contributed by atoms with van der Waals surface area (Å²) < 4.78 is 10.7. The average Bonchev–Trinajstić information content (AvgIpc) is 2.96. The minimum atomic E-state index is -0.747. The molecular weight excluding hydrogens is 334 g/mol. The van der Waals surface area contributed by atoms with Gasteiger partial charge >= 0.3 is 0 Å². The number of aryl methyl sites for hydroxylation is 1. The Balaban J connectivity index is 1.68. The molecule has 1 aliphatic carbocycles. The number of benzene rings is 1. The zero-order valence-electron chi connectivity index (χ0n) is 15.2. The van der Waals surface area contributed by atoms with Gasteiger partial charge in [0.2, 0.25) is 5.91 Å². The SMILES string of the molecule is Cc1nonc1CC(=O)N(C)[C@@H]1CCCC[C@@H](Oc2ccccc2)[C@@H]1O. The number of aliphatic hydroxyl groups is 1. The van der Waals surface area contributed by atoms with Crippen LogP contribution in [0.2, 0.25) is 0 Å². The molecular formula is C19H25N3O4. The summed E-state index contributed by atoms with van der Waals surface area (Å²) in [6.45, 7) is 1.75. The molecule has 26 heavy (non-hydrogen) atoms. The van der Waals surface area contributed by atoms with Crippen molar-refractivity contribution in [2.45, 2.75) is 57.3 Å². The maximum atomic E-state index is 12.6. The number of rotatable bonds is 5. The Bertz CT molecular complexity index is 719. The number of aromatic nitrogens is 2. The van der Waals surface area contributed by atoms with Gasteiger partial charge in [0.15, 0.2) is 0 Å². The summed E-state index contributed by atoms with van der Waals surface area (Å²) in [6, 6.07) is 9.19. The third kappa shape index (κ3) is 4.22. The lowest BCUT2D eigenvalue weighted by molar-refractivity contribution is -0.135. The van der Waals surface area contributed by atoms with Crippen molar-refractivity contribution in [1.29, 1.82) is 0 Å². The lowest BCUT2D eigenvalue weighted by Gasteiger charge is -2.34. The molecule has 140 valence electrons. The average molecular weight is 359 g/mol. The summed E-state index contributed by atoms with van der Waals surface area (Å²) >= 11 is 0. The van der Waals surface area contributed by atoms with Gasteiger partial charge in [0, 0.05) is 7.05 Å². The number of para-hydroxylation sites is 1. The van der Waals surface area contributed by atoms with E-state index in [-0.39, 0.29) is 24.5 Å². The number of nitrogens with zero attached hydrogens (tertiary/aromatic N) is 3. The first-order valence-corrected chi connectivity index (χ1v) is 8.99. The highest BCUT2D eigenvalue weighted by molar-refractivity contribution is 5.78. The normalized spacial score (nSPS) is 23.3. The van der Waals surface area contributed by atoms with Gasteiger partial charge in [-0.15, -0.1) is 0 Å². The standard InChI is InChI=1S/C19H25N3O4/c1-13-15(21-26-20-13)12-18(23)22(2)16-10-6-7-11-17(19(16)24)25-14-8-4-3-5-9-14/h3-5,8-9,16-17,19,24H,6-7,10-12H2,1-2H3/t16-,17-,19-/m1/s1. The summed E-state index contributed by atoms with van der Waals surface area (Å²) in [4.78, 5) is 14.3. The van der Waals surface area contributed by atoms with E-state index in [9.17, 15) is 9.90 Å². The zero-order chi connectivity index (χ0) is 18.5. The molecule has 0 bridgehead atoms. The fourth-order valence-electron chi connectivity index (χ4n) is 3.38. The highest BCUT2D eigenvalue weighted by Gasteiger charge is 2.36. The molecule has 0 radical (unpaired) electrons. The number of aliphatic hydroxyl groups excluding tert-OH is 1. The van der Waals surface area contributed by atoms with Crippen LogP contribution < -0.4 is 4.74 Å². The largest absolute Gasteiger partial charge is 0.488 e. The first kappa shape index (κ1) is 18.4. The molecule has 7 heteroatoms. The molecule has 2 aromatic rings. The molecule has 1 fully saturated rings. The molecule has 1 N–H and O–H groups in total. The van der Waals surface area contributed by atoms with Gasteiger partial charge in [-0.05, 0) is 38.3 Å². The molecule has 0 unspecified atom stereocenters. The number of ether oxygens (including phenoxy) is 1. The van der Waals surface area contributed by atoms with E-state index in [1.54, 1.807) is 18.9 Å². The van der Waals surface area contributed by atoms with Crippen LogP contribution in [0.15, 0.2) is 35.0 Å². The Morgan fingerprint density at radius 1 is 1.27 bits per heavy atom. The second-order valence-electron chi connectivity index (χ2n) is 6.79. The molecule has 1 heterocycles. The van der Waals surface area contributed by atoms with Crippen LogP contribution in [-0.4, -0.2) is 51.5 Å². The van der Waals surface area contributed by atoms with Crippen molar-refractivity contribution in [2.75, 3.05) is 7.05 Å². The third-order valence-corrected chi connectivity index (χ3v) is 5.00. The number of carbonyl (C=O) groups excluding carboxylic acids is 1. The van der Waals surface area contributed by atoms with Crippen LogP contribution in [-0.2, 0) is 11.2 Å². The van der Waals surface area contributed by atoms with Gasteiger partial charge in [-0.1, -0.05) is 34.9 Å².